The van der Waals surface area contributed by atoms with E-state index in [2.05, 4.69) is 18.0 Å². The first-order valence-corrected chi connectivity index (χ1v) is 7.10. The van der Waals surface area contributed by atoms with Crippen molar-refractivity contribution in [3.8, 4) is 9.88 Å². The monoisotopic (exact) mass is 283 g/mol. The van der Waals surface area contributed by atoms with Crippen LogP contribution in [0.3, 0.4) is 0 Å². The number of rotatable bonds is 5. The van der Waals surface area contributed by atoms with Crippen LogP contribution in [0.15, 0.2) is 12.1 Å². The molecule has 0 aliphatic heterocycles. The van der Waals surface area contributed by atoms with Crippen LogP contribution < -0.4 is 0 Å². The third kappa shape index (κ3) is 2.60. The zero-order valence-electron chi connectivity index (χ0n) is 10.1. The number of aromatic nitrogens is 1. The molecule has 6 heteroatoms. The van der Waals surface area contributed by atoms with Crippen molar-refractivity contribution in [2.45, 2.75) is 20.0 Å². The molecule has 0 atom stereocenters. The number of thiazole rings is 1. The largest absolute Gasteiger partial charge is 0.477 e. The normalized spacial score (nSPS) is 10.8. The van der Waals surface area contributed by atoms with Gasteiger partial charge in [0.05, 0.1) is 17.2 Å². The molecular formula is C12H13NO3S2. The molecule has 0 fully saturated rings. The van der Waals surface area contributed by atoms with E-state index in [0.29, 0.717) is 5.69 Å². The van der Waals surface area contributed by atoms with E-state index in [9.17, 15) is 4.79 Å². The first-order chi connectivity index (χ1) is 8.65. The van der Waals surface area contributed by atoms with Crippen molar-refractivity contribution < 1.29 is 14.6 Å². The summed E-state index contributed by atoms with van der Waals surface area (Å²) in [4.78, 5) is 18.0. The minimum atomic E-state index is -0.946. The SMILES string of the molecule is CCc1ccc(-c2nc(COC)c(C(=O)O)s2)s1. The summed E-state index contributed by atoms with van der Waals surface area (Å²) in [5, 5.41) is 9.88. The second-order valence-electron chi connectivity index (χ2n) is 3.65. The molecule has 0 aliphatic carbocycles. The van der Waals surface area contributed by atoms with E-state index in [4.69, 9.17) is 9.84 Å². The molecule has 18 heavy (non-hydrogen) atoms. The van der Waals surface area contributed by atoms with Crippen LogP contribution in [-0.4, -0.2) is 23.2 Å². The van der Waals surface area contributed by atoms with Gasteiger partial charge in [0.15, 0.2) is 0 Å². The topological polar surface area (TPSA) is 59.4 Å². The van der Waals surface area contributed by atoms with Gasteiger partial charge in [-0.25, -0.2) is 9.78 Å². The average Bonchev–Trinajstić information content (AvgIpc) is 2.94. The van der Waals surface area contributed by atoms with Gasteiger partial charge in [-0.2, -0.15) is 0 Å². The lowest BCUT2D eigenvalue weighted by Gasteiger charge is -1.94. The van der Waals surface area contributed by atoms with E-state index >= 15 is 0 Å². The van der Waals surface area contributed by atoms with Gasteiger partial charge in [-0.3, -0.25) is 0 Å². The second kappa shape index (κ2) is 5.60. The van der Waals surface area contributed by atoms with Crippen LogP contribution >= 0.6 is 22.7 Å². The maximum atomic E-state index is 11.1. The zero-order valence-corrected chi connectivity index (χ0v) is 11.7. The highest BCUT2D eigenvalue weighted by Gasteiger charge is 2.18. The third-order valence-electron chi connectivity index (χ3n) is 2.39. The fourth-order valence-corrected chi connectivity index (χ4v) is 3.45. The standard InChI is InChI=1S/C12H13NO3S2/c1-3-7-4-5-9(17-7)11-13-8(6-16-2)10(18-11)12(14)15/h4-5H,3,6H2,1-2H3,(H,14,15). The van der Waals surface area contributed by atoms with Gasteiger partial charge in [0.25, 0.3) is 0 Å². The van der Waals surface area contributed by atoms with Crippen LogP contribution in [0.4, 0.5) is 0 Å². The molecule has 0 radical (unpaired) electrons. The number of aryl methyl sites for hydroxylation is 1. The number of carboxylic acids is 1. The highest BCUT2D eigenvalue weighted by Crippen LogP contribution is 2.33. The Morgan fingerprint density at radius 3 is 2.78 bits per heavy atom. The lowest BCUT2D eigenvalue weighted by molar-refractivity contribution is 0.0697. The Kier molecular flexibility index (Phi) is 4.11. The molecule has 0 spiro atoms. The summed E-state index contributed by atoms with van der Waals surface area (Å²) in [5.41, 5.74) is 0.497. The zero-order chi connectivity index (χ0) is 13.1. The number of thiophene rings is 1. The Labute approximate surface area is 113 Å². The Hall–Kier alpha value is -1.24. The maximum Gasteiger partial charge on any atom is 0.347 e. The lowest BCUT2D eigenvalue weighted by atomic mass is 10.3. The summed E-state index contributed by atoms with van der Waals surface area (Å²) in [7, 11) is 1.53. The van der Waals surface area contributed by atoms with E-state index < -0.39 is 5.97 Å². The molecular weight excluding hydrogens is 270 g/mol. The molecule has 2 heterocycles. The maximum absolute atomic E-state index is 11.1. The molecule has 1 N–H and O–H groups in total. The van der Waals surface area contributed by atoms with Crippen molar-refractivity contribution >= 4 is 28.6 Å². The Morgan fingerprint density at radius 2 is 2.22 bits per heavy atom. The van der Waals surface area contributed by atoms with Gasteiger partial charge >= 0.3 is 5.97 Å². The smallest absolute Gasteiger partial charge is 0.347 e. The molecule has 0 saturated carbocycles. The third-order valence-corrected chi connectivity index (χ3v) is 4.88. The molecule has 0 aromatic carbocycles. The Morgan fingerprint density at radius 1 is 1.44 bits per heavy atom. The highest BCUT2D eigenvalue weighted by atomic mass is 32.1. The predicted molar refractivity (Wildman–Crippen MR) is 72.5 cm³/mol. The first kappa shape index (κ1) is 13.2. The van der Waals surface area contributed by atoms with Gasteiger partial charge < -0.3 is 9.84 Å². The van der Waals surface area contributed by atoms with Gasteiger partial charge in [-0.15, -0.1) is 22.7 Å². The van der Waals surface area contributed by atoms with Crippen molar-refractivity contribution in [2.24, 2.45) is 0 Å². The molecule has 0 unspecified atom stereocenters. The van der Waals surface area contributed by atoms with Crippen LogP contribution in [0, 0.1) is 0 Å². The van der Waals surface area contributed by atoms with Gasteiger partial charge in [0, 0.05) is 12.0 Å². The van der Waals surface area contributed by atoms with Crippen molar-refractivity contribution in [2.75, 3.05) is 7.11 Å². The minimum absolute atomic E-state index is 0.226. The lowest BCUT2D eigenvalue weighted by Crippen LogP contribution is -1.99. The molecule has 2 aromatic rings. The predicted octanol–water partition coefficient (Wildman–Crippen LogP) is 3.28. The van der Waals surface area contributed by atoms with Crippen LogP contribution in [0.2, 0.25) is 0 Å². The number of aromatic carboxylic acids is 1. The molecule has 96 valence electrons. The van der Waals surface area contributed by atoms with Crippen LogP contribution in [0.25, 0.3) is 9.88 Å². The number of methoxy groups -OCH3 is 1. The number of nitrogens with zero attached hydrogens (tertiary/aromatic N) is 1. The Bertz CT molecular complexity index is 559. The summed E-state index contributed by atoms with van der Waals surface area (Å²) < 4.78 is 4.98. The van der Waals surface area contributed by atoms with Gasteiger partial charge in [0.2, 0.25) is 0 Å². The molecule has 2 rings (SSSR count). The quantitative estimate of drug-likeness (QED) is 0.914. The number of ether oxygens (including phenoxy) is 1. The summed E-state index contributed by atoms with van der Waals surface area (Å²) in [6, 6.07) is 4.04. The van der Waals surface area contributed by atoms with E-state index in [1.54, 1.807) is 11.3 Å². The van der Waals surface area contributed by atoms with Crippen molar-refractivity contribution in [1.82, 2.24) is 4.98 Å². The molecule has 0 amide bonds. The fourth-order valence-electron chi connectivity index (χ4n) is 1.54. The second-order valence-corrected chi connectivity index (χ2v) is 5.82. The highest BCUT2D eigenvalue weighted by molar-refractivity contribution is 7.22. The average molecular weight is 283 g/mol. The molecule has 0 aliphatic rings. The summed E-state index contributed by atoms with van der Waals surface area (Å²) in [5.74, 6) is -0.946. The Balaban J connectivity index is 2.39. The molecule has 2 aromatic heterocycles. The van der Waals surface area contributed by atoms with Gasteiger partial charge in [0.1, 0.15) is 9.88 Å². The number of hydrogen-bond acceptors (Lipinski definition) is 5. The van der Waals surface area contributed by atoms with E-state index in [-0.39, 0.29) is 11.5 Å². The summed E-state index contributed by atoms with van der Waals surface area (Å²) in [6.45, 7) is 2.32. The van der Waals surface area contributed by atoms with E-state index in [0.717, 1.165) is 16.3 Å². The van der Waals surface area contributed by atoms with Crippen LogP contribution in [0.5, 0.6) is 0 Å². The van der Waals surface area contributed by atoms with E-state index in [1.165, 1.54) is 23.3 Å². The summed E-state index contributed by atoms with van der Waals surface area (Å²) >= 11 is 2.86. The summed E-state index contributed by atoms with van der Waals surface area (Å²) in [6.07, 6.45) is 0.979. The van der Waals surface area contributed by atoms with Crippen molar-refractivity contribution in [3.63, 3.8) is 0 Å². The molecule has 0 bridgehead atoms. The molecule has 4 nitrogen and oxygen atoms in total. The fraction of sp³-hybridized carbons (Fsp3) is 0.333. The van der Waals surface area contributed by atoms with Gasteiger partial charge in [-0.05, 0) is 18.6 Å². The molecule has 0 saturated heterocycles. The number of carboxylic acid groups (broad SMARTS) is 1. The van der Waals surface area contributed by atoms with Crippen LogP contribution in [0.1, 0.15) is 27.2 Å². The van der Waals surface area contributed by atoms with E-state index in [1.807, 2.05) is 6.07 Å². The number of carbonyl (C=O) groups is 1. The van der Waals surface area contributed by atoms with Crippen molar-refractivity contribution in [1.29, 1.82) is 0 Å². The number of hydrogen-bond donors (Lipinski definition) is 1. The van der Waals surface area contributed by atoms with Gasteiger partial charge in [-0.1, -0.05) is 6.92 Å². The minimum Gasteiger partial charge on any atom is -0.477 e. The van der Waals surface area contributed by atoms with Crippen LogP contribution in [-0.2, 0) is 17.8 Å². The van der Waals surface area contributed by atoms with Crippen molar-refractivity contribution in [3.05, 3.63) is 27.6 Å². The first-order valence-electron chi connectivity index (χ1n) is 5.46.